The molecule has 5 rings (SSSR count). The predicted octanol–water partition coefficient (Wildman–Crippen LogP) is 4.81. The fourth-order valence-corrected chi connectivity index (χ4v) is 4.63. The Morgan fingerprint density at radius 2 is 1.88 bits per heavy atom. The quantitative estimate of drug-likeness (QED) is 0.586. The predicted molar refractivity (Wildman–Crippen MR) is 126 cm³/mol. The standard InChI is InChI=1S/C26H24FN3O3/c1-32-20-13-14-23-17(16-20)6-5-15-30(23)24-26(25(31)33-2,18-9-11-19(27)12-10-18)29-22-8-4-3-7-21(22)28-24/h3-4,7-14,16,29H,5-6,15H2,1-2H3. The number of hydrogen-bond acceptors (Lipinski definition) is 6. The molecule has 2 aliphatic heterocycles. The molecule has 1 unspecified atom stereocenters. The number of aliphatic imine (C=N–C) groups is 1. The molecule has 0 aromatic heterocycles. The topological polar surface area (TPSA) is 63.2 Å². The third-order valence-electron chi connectivity index (χ3n) is 6.22. The fourth-order valence-electron chi connectivity index (χ4n) is 4.63. The second kappa shape index (κ2) is 8.24. The lowest BCUT2D eigenvalue weighted by Crippen LogP contribution is -2.59. The smallest absolute Gasteiger partial charge is 0.344 e. The van der Waals surface area contributed by atoms with Crippen LogP contribution >= 0.6 is 0 Å². The van der Waals surface area contributed by atoms with Gasteiger partial charge in [0.2, 0.25) is 5.54 Å². The van der Waals surface area contributed by atoms with Gasteiger partial charge in [0.05, 0.1) is 25.6 Å². The average molecular weight is 445 g/mol. The van der Waals surface area contributed by atoms with E-state index in [9.17, 15) is 9.18 Å². The normalized spacial score (nSPS) is 19.0. The highest BCUT2D eigenvalue weighted by Gasteiger charge is 2.52. The molecule has 1 N–H and O–H groups in total. The molecule has 0 spiro atoms. The number of halogens is 1. The Morgan fingerprint density at radius 1 is 1.09 bits per heavy atom. The van der Waals surface area contributed by atoms with E-state index < -0.39 is 11.5 Å². The van der Waals surface area contributed by atoms with Gasteiger partial charge in [0, 0.05) is 12.2 Å². The van der Waals surface area contributed by atoms with E-state index in [-0.39, 0.29) is 5.82 Å². The summed E-state index contributed by atoms with van der Waals surface area (Å²) in [5, 5.41) is 3.40. The zero-order chi connectivity index (χ0) is 23.0. The molecule has 33 heavy (non-hydrogen) atoms. The Labute approximate surface area is 191 Å². The minimum atomic E-state index is -1.45. The summed E-state index contributed by atoms with van der Waals surface area (Å²) < 4.78 is 24.6. The van der Waals surface area contributed by atoms with E-state index in [0.717, 1.165) is 35.5 Å². The van der Waals surface area contributed by atoms with Crippen LogP contribution in [0.4, 0.5) is 21.5 Å². The molecule has 0 bridgehead atoms. The number of nitrogens with one attached hydrogen (secondary N) is 1. The summed E-state index contributed by atoms with van der Waals surface area (Å²) in [6, 6.07) is 19.3. The Hall–Kier alpha value is -3.87. The van der Waals surface area contributed by atoms with Crippen LogP contribution in [0.5, 0.6) is 5.75 Å². The number of aryl methyl sites for hydroxylation is 1. The van der Waals surface area contributed by atoms with Crippen molar-refractivity contribution in [3.8, 4) is 5.75 Å². The molecule has 0 saturated heterocycles. The number of methoxy groups -OCH3 is 2. The molecule has 0 aliphatic carbocycles. The maximum absolute atomic E-state index is 13.8. The van der Waals surface area contributed by atoms with Gasteiger partial charge in [-0.15, -0.1) is 0 Å². The summed E-state index contributed by atoms with van der Waals surface area (Å²) in [5.41, 5.74) is 2.57. The van der Waals surface area contributed by atoms with Crippen molar-refractivity contribution in [3.63, 3.8) is 0 Å². The number of carbonyl (C=O) groups is 1. The Kier molecular flexibility index (Phi) is 5.24. The Balaban J connectivity index is 1.76. The molecule has 0 saturated carbocycles. The highest BCUT2D eigenvalue weighted by Crippen LogP contribution is 2.43. The molecule has 7 heteroatoms. The Bertz CT molecular complexity index is 1240. The van der Waals surface area contributed by atoms with Crippen LogP contribution in [0.15, 0.2) is 71.7 Å². The third-order valence-corrected chi connectivity index (χ3v) is 6.22. The maximum Gasteiger partial charge on any atom is 0.344 e. The van der Waals surface area contributed by atoms with E-state index in [4.69, 9.17) is 14.5 Å². The Morgan fingerprint density at radius 3 is 2.64 bits per heavy atom. The monoisotopic (exact) mass is 445 g/mol. The van der Waals surface area contributed by atoms with Crippen molar-refractivity contribution in [2.75, 3.05) is 31.0 Å². The lowest BCUT2D eigenvalue weighted by molar-refractivity contribution is -0.143. The number of fused-ring (bicyclic) bond motifs is 2. The van der Waals surface area contributed by atoms with Gasteiger partial charge in [-0.2, -0.15) is 0 Å². The van der Waals surface area contributed by atoms with E-state index in [1.165, 1.54) is 19.2 Å². The number of ether oxygens (including phenoxy) is 2. The maximum atomic E-state index is 13.8. The molecule has 3 aromatic carbocycles. The summed E-state index contributed by atoms with van der Waals surface area (Å²) in [6.07, 6.45) is 1.77. The van der Waals surface area contributed by atoms with Crippen LogP contribution < -0.4 is 15.0 Å². The van der Waals surface area contributed by atoms with Crippen LogP contribution in [0.3, 0.4) is 0 Å². The minimum Gasteiger partial charge on any atom is -0.497 e. The first kappa shape index (κ1) is 21.0. The van der Waals surface area contributed by atoms with Crippen LogP contribution in [-0.2, 0) is 21.5 Å². The minimum absolute atomic E-state index is 0.385. The first-order valence-corrected chi connectivity index (χ1v) is 10.8. The lowest BCUT2D eigenvalue weighted by Gasteiger charge is -2.44. The van der Waals surface area contributed by atoms with E-state index in [0.29, 0.717) is 23.6 Å². The summed E-state index contributed by atoms with van der Waals surface area (Å²) in [7, 11) is 2.99. The van der Waals surface area contributed by atoms with Gasteiger partial charge in [-0.25, -0.2) is 14.2 Å². The number of nitrogens with zero attached hydrogens (tertiary/aromatic N) is 2. The van der Waals surface area contributed by atoms with Gasteiger partial charge in [0.25, 0.3) is 0 Å². The zero-order valence-electron chi connectivity index (χ0n) is 18.5. The number of rotatable bonds is 3. The molecule has 0 radical (unpaired) electrons. The molecule has 168 valence electrons. The highest BCUT2D eigenvalue weighted by atomic mass is 19.1. The van der Waals surface area contributed by atoms with Gasteiger partial charge in [-0.05, 0) is 66.4 Å². The number of hydrogen-bond donors (Lipinski definition) is 1. The van der Waals surface area contributed by atoms with Gasteiger partial charge in [0.1, 0.15) is 11.6 Å². The number of benzene rings is 3. The third kappa shape index (κ3) is 3.40. The van der Waals surface area contributed by atoms with E-state index in [1.807, 2.05) is 42.5 Å². The molecule has 0 fully saturated rings. The molecule has 1 atom stereocenters. The van der Waals surface area contributed by atoms with Gasteiger partial charge < -0.3 is 19.7 Å². The van der Waals surface area contributed by atoms with Crippen LogP contribution in [0.25, 0.3) is 0 Å². The van der Waals surface area contributed by atoms with Crippen LogP contribution in [0, 0.1) is 5.82 Å². The van der Waals surface area contributed by atoms with Gasteiger partial charge >= 0.3 is 5.97 Å². The molecule has 3 aromatic rings. The van der Waals surface area contributed by atoms with Crippen molar-refractivity contribution in [1.29, 1.82) is 0 Å². The van der Waals surface area contributed by atoms with Crippen molar-refractivity contribution >= 4 is 28.9 Å². The number of esters is 1. The molecule has 6 nitrogen and oxygen atoms in total. The van der Waals surface area contributed by atoms with Crippen molar-refractivity contribution in [1.82, 2.24) is 0 Å². The number of carbonyl (C=O) groups excluding carboxylic acids is 1. The number of amidine groups is 1. The molecule has 2 aliphatic rings. The van der Waals surface area contributed by atoms with Crippen molar-refractivity contribution in [3.05, 3.63) is 83.7 Å². The van der Waals surface area contributed by atoms with E-state index in [2.05, 4.69) is 10.2 Å². The van der Waals surface area contributed by atoms with Gasteiger partial charge in [-0.1, -0.05) is 24.3 Å². The van der Waals surface area contributed by atoms with Crippen LogP contribution in [0.2, 0.25) is 0 Å². The molecular weight excluding hydrogens is 421 g/mol. The summed E-state index contributed by atoms with van der Waals surface area (Å²) in [6.45, 7) is 0.669. The first-order chi connectivity index (χ1) is 16.1. The average Bonchev–Trinajstić information content (AvgIpc) is 2.87. The van der Waals surface area contributed by atoms with Gasteiger partial charge in [-0.3, -0.25) is 0 Å². The fraction of sp³-hybridized carbons (Fsp3) is 0.231. The number of anilines is 2. The number of para-hydroxylation sites is 2. The van der Waals surface area contributed by atoms with E-state index in [1.54, 1.807) is 19.2 Å². The van der Waals surface area contributed by atoms with Crippen LogP contribution in [0.1, 0.15) is 17.5 Å². The SMILES string of the molecule is COC(=O)C1(c2ccc(F)cc2)Nc2ccccc2N=C1N1CCCc2cc(OC)ccc21. The molecule has 0 amide bonds. The zero-order valence-corrected chi connectivity index (χ0v) is 18.5. The summed E-state index contributed by atoms with van der Waals surface area (Å²) >= 11 is 0. The van der Waals surface area contributed by atoms with Crippen LogP contribution in [-0.4, -0.2) is 32.6 Å². The highest BCUT2D eigenvalue weighted by molar-refractivity contribution is 6.22. The van der Waals surface area contributed by atoms with Crippen molar-refractivity contribution in [2.24, 2.45) is 4.99 Å². The van der Waals surface area contributed by atoms with E-state index >= 15 is 0 Å². The largest absolute Gasteiger partial charge is 0.497 e. The summed E-state index contributed by atoms with van der Waals surface area (Å²) in [5.74, 6) is 0.361. The second-order valence-electron chi connectivity index (χ2n) is 8.08. The van der Waals surface area contributed by atoms with Crippen molar-refractivity contribution in [2.45, 2.75) is 18.4 Å². The second-order valence-corrected chi connectivity index (χ2v) is 8.08. The van der Waals surface area contributed by atoms with Crippen molar-refractivity contribution < 1.29 is 18.7 Å². The lowest BCUT2D eigenvalue weighted by atomic mass is 9.84. The molecule has 2 heterocycles. The first-order valence-electron chi connectivity index (χ1n) is 10.8. The van der Waals surface area contributed by atoms with Gasteiger partial charge in [0.15, 0.2) is 5.84 Å². The summed E-state index contributed by atoms with van der Waals surface area (Å²) in [4.78, 5) is 20.6. The molecular formula is C26H24FN3O3.